The van der Waals surface area contributed by atoms with Gasteiger partial charge in [0, 0.05) is 38.3 Å². The zero-order valence-corrected chi connectivity index (χ0v) is 11.3. The molecule has 0 spiro atoms. The molecular formula is C15H21N3O. The van der Waals surface area contributed by atoms with E-state index < -0.39 is 0 Å². The van der Waals surface area contributed by atoms with Crippen LogP contribution in [0.4, 0.5) is 5.82 Å². The van der Waals surface area contributed by atoms with Gasteiger partial charge in [-0.2, -0.15) is 0 Å². The second kappa shape index (κ2) is 5.59. The number of carbonyl (C=O) groups excluding carboxylic acids is 1. The van der Waals surface area contributed by atoms with Gasteiger partial charge in [-0.3, -0.25) is 4.79 Å². The molecule has 0 aromatic carbocycles. The predicted molar refractivity (Wildman–Crippen MR) is 75.0 cm³/mol. The summed E-state index contributed by atoms with van der Waals surface area (Å²) in [6, 6.07) is 5.98. The van der Waals surface area contributed by atoms with Crippen LogP contribution in [0.3, 0.4) is 0 Å². The number of hydrogen-bond donors (Lipinski definition) is 0. The summed E-state index contributed by atoms with van der Waals surface area (Å²) in [5.74, 6) is 1.72. The Balaban J connectivity index is 1.56. The lowest BCUT2D eigenvalue weighted by molar-refractivity contribution is -0.135. The maximum absolute atomic E-state index is 12.3. The largest absolute Gasteiger partial charge is 0.353 e. The van der Waals surface area contributed by atoms with Gasteiger partial charge in [0.05, 0.1) is 0 Å². The second-order valence-corrected chi connectivity index (χ2v) is 5.48. The van der Waals surface area contributed by atoms with E-state index in [1.54, 1.807) is 0 Å². The van der Waals surface area contributed by atoms with Crippen LogP contribution in [0.15, 0.2) is 24.4 Å². The quantitative estimate of drug-likeness (QED) is 0.814. The molecule has 1 saturated heterocycles. The van der Waals surface area contributed by atoms with Crippen molar-refractivity contribution in [2.24, 2.45) is 5.92 Å². The van der Waals surface area contributed by atoms with Crippen LogP contribution < -0.4 is 4.90 Å². The lowest BCUT2D eigenvalue weighted by Crippen LogP contribution is -2.50. The maximum Gasteiger partial charge on any atom is 0.225 e. The summed E-state index contributed by atoms with van der Waals surface area (Å²) in [5, 5.41) is 0. The molecule has 1 aromatic rings. The number of piperazine rings is 1. The van der Waals surface area contributed by atoms with Gasteiger partial charge in [0.1, 0.15) is 5.82 Å². The van der Waals surface area contributed by atoms with E-state index in [0.29, 0.717) is 11.8 Å². The molecule has 102 valence electrons. The van der Waals surface area contributed by atoms with Crippen molar-refractivity contribution in [3.63, 3.8) is 0 Å². The Labute approximate surface area is 114 Å². The number of anilines is 1. The van der Waals surface area contributed by atoms with Crippen LogP contribution in [-0.2, 0) is 4.79 Å². The number of amides is 1. The normalized spacial score (nSPS) is 20.8. The molecule has 4 nitrogen and oxygen atoms in total. The van der Waals surface area contributed by atoms with Crippen molar-refractivity contribution in [1.82, 2.24) is 9.88 Å². The molecule has 1 saturated carbocycles. The summed E-state index contributed by atoms with van der Waals surface area (Å²) in [6.45, 7) is 3.47. The van der Waals surface area contributed by atoms with Gasteiger partial charge in [-0.25, -0.2) is 4.98 Å². The second-order valence-electron chi connectivity index (χ2n) is 5.48. The molecule has 2 aliphatic rings. The predicted octanol–water partition coefficient (Wildman–Crippen LogP) is 1.92. The third kappa shape index (κ3) is 2.72. The van der Waals surface area contributed by atoms with Crippen molar-refractivity contribution in [3.8, 4) is 0 Å². The molecule has 2 heterocycles. The van der Waals surface area contributed by atoms with E-state index in [9.17, 15) is 4.79 Å². The molecule has 0 unspecified atom stereocenters. The number of carbonyl (C=O) groups is 1. The van der Waals surface area contributed by atoms with E-state index in [0.717, 1.165) is 44.8 Å². The lowest BCUT2D eigenvalue weighted by atomic mass is 10.1. The van der Waals surface area contributed by atoms with Crippen LogP contribution in [0, 0.1) is 5.92 Å². The number of aromatic nitrogens is 1. The van der Waals surface area contributed by atoms with Gasteiger partial charge < -0.3 is 9.80 Å². The highest BCUT2D eigenvalue weighted by molar-refractivity contribution is 5.79. The molecule has 0 radical (unpaired) electrons. The van der Waals surface area contributed by atoms with Crippen LogP contribution in [0.25, 0.3) is 0 Å². The van der Waals surface area contributed by atoms with Crippen molar-refractivity contribution in [3.05, 3.63) is 24.4 Å². The SMILES string of the molecule is O=C(C1CCCC1)N1CCN(c2ccccn2)CC1. The fraction of sp³-hybridized carbons (Fsp3) is 0.600. The fourth-order valence-corrected chi connectivity index (χ4v) is 3.13. The summed E-state index contributed by atoms with van der Waals surface area (Å²) in [4.78, 5) is 21.0. The average Bonchev–Trinajstić information content (AvgIpc) is 3.02. The minimum Gasteiger partial charge on any atom is -0.353 e. The van der Waals surface area contributed by atoms with E-state index in [2.05, 4.69) is 14.8 Å². The fourth-order valence-electron chi connectivity index (χ4n) is 3.13. The summed E-state index contributed by atoms with van der Waals surface area (Å²) in [5.41, 5.74) is 0. The van der Waals surface area contributed by atoms with E-state index in [1.165, 1.54) is 12.8 Å². The van der Waals surface area contributed by atoms with Gasteiger partial charge in [-0.05, 0) is 25.0 Å². The molecule has 4 heteroatoms. The minimum absolute atomic E-state index is 0.307. The third-order valence-electron chi connectivity index (χ3n) is 4.27. The molecule has 0 N–H and O–H groups in total. The molecule has 19 heavy (non-hydrogen) atoms. The van der Waals surface area contributed by atoms with Gasteiger partial charge in [0.15, 0.2) is 0 Å². The van der Waals surface area contributed by atoms with E-state index in [4.69, 9.17) is 0 Å². The van der Waals surface area contributed by atoms with Crippen molar-refractivity contribution < 1.29 is 4.79 Å². The maximum atomic E-state index is 12.3. The van der Waals surface area contributed by atoms with Gasteiger partial charge in [-0.1, -0.05) is 18.9 Å². The molecule has 3 rings (SSSR count). The van der Waals surface area contributed by atoms with Crippen LogP contribution in [0.1, 0.15) is 25.7 Å². The lowest BCUT2D eigenvalue weighted by Gasteiger charge is -2.36. The van der Waals surface area contributed by atoms with Crippen molar-refractivity contribution in [2.75, 3.05) is 31.1 Å². The molecule has 2 fully saturated rings. The summed E-state index contributed by atoms with van der Waals surface area (Å²) in [7, 11) is 0. The van der Waals surface area contributed by atoms with Crippen LogP contribution in [-0.4, -0.2) is 42.0 Å². The van der Waals surface area contributed by atoms with Gasteiger partial charge in [0.25, 0.3) is 0 Å². The zero-order valence-electron chi connectivity index (χ0n) is 11.3. The van der Waals surface area contributed by atoms with Crippen molar-refractivity contribution >= 4 is 11.7 Å². The van der Waals surface area contributed by atoms with E-state index in [-0.39, 0.29) is 0 Å². The first-order valence-electron chi connectivity index (χ1n) is 7.29. The molecule has 1 aliphatic heterocycles. The first kappa shape index (κ1) is 12.5. The summed E-state index contributed by atoms with van der Waals surface area (Å²) in [6.07, 6.45) is 6.47. The zero-order chi connectivity index (χ0) is 13.1. The van der Waals surface area contributed by atoms with Gasteiger partial charge >= 0.3 is 0 Å². The Morgan fingerprint density at radius 1 is 1.11 bits per heavy atom. The summed E-state index contributed by atoms with van der Waals surface area (Å²) >= 11 is 0. The van der Waals surface area contributed by atoms with Crippen molar-refractivity contribution in [2.45, 2.75) is 25.7 Å². The molecular weight excluding hydrogens is 238 g/mol. The number of pyridine rings is 1. The Bertz CT molecular complexity index is 420. The van der Waals surface area contributed by atoms with Gasteiger partial charge in [-0.15, -0.1) is 0 Å². The van der Waals surface area contributed by atoms with Crippen LogP contribution in [0.2, 0.25) is 0 Å². The topological polar surface area (TPSA) is 36.4 Å². The standard InChI is InChI=1S/C15H21N3O/c19-15(13-5-1-2-6-13)18-11-9-17(10-12-18)14-7-3-4-8-16-14/h3-4,7-8,13H,1-2,5-6,9-12H2. The Hall–Kier alpha value is -1.58. The van der Waals surface area contributed by atoms with Crippen molar-refractivity contribution in [1.29, 1.82) is 0 Å². The number of hydrogen-bond acceptors (Lipinski definition) is 3. The molecule has 0 atom stereocenters. The first-order valence-corrected chi connectivity index (χ1v) is 7.29. The smallest absolute Gasteiger partial charge is 0.225 e. The molecule has 0 bridgehead atoms. The highest BCUT2D eigenvalue weighted by Gasteiger charge is 2.29. The van der Waals surface area contributed by atoms with Crippen LogP contribution in [0.5, 0.6) is 0 Å². The minimum atomic E-state index is 0.307. The van der Waals surface area contributed by atoms with E-state index in [1.807, 2.05) is 24.4 Å². The molecule has 1 amide bonds. The third-order valence-corrected chi connectivity index (χ3v) is 4.27. The van der Waals surface area contributed by atoms with Gasteiger partial charge in [0.2, 0.25) is 5.91 Å². The first-order chi connectivity index (χ1) is 9.34. The number of rotatable bonds is 2. The highest BCUT2D eigenvalue weighted by atomic mass is 16.2. The monoisotopic (exact) mass is 259 g/mol. The Morgan fingerprint density at radius 3 is 2.47 bits per heavy atom. The molecule has 1 aliphatic carbocycles. The highest BCUT2D eigenvalue weighted by Crippen LogP contribution is 2.27. The number of nitrogens with zero attached hydrogens (tertiary/aromatic N) is 3. The summed E-state index contributed by atoms with van der Waals surface area (Å²) < 4.78 is 0. The Kier molecular flexibility index (Phi) is 3.67. The van der Waals surface area contributed by atoms with Crippen LogP contribution >= 0.6 is 0 Å². The average molecular weight is 259 g/mol. The molecule has 1 aromatic heterocycles. The van der Waals surface area contributed by atoms with E-state index >= 15 is 0 Å². The Morgan fingerprint density at radius 2 is 1.84 bits per heavy atom.